The molecular formula is C16H19NO3. The average Bonchev–Trinajstić information content (AvgIpc) is 2.52. The molecule has 0 heterocycles. The predicted octanol–water partition coefficient (Wildman–Crippen LogP) is 3.50. The second kappa shape index (κ2) is 8.45. The van der Waals surface area contributed by atoms with Crippen LogP contribution in [-0.2, 0) is 27.7 Å². The quantitative estimate of drug-likeness (QED) is 0.689. The Kier molecular flexibility index (Phi) is 6.20. The predicted molar refractivity (Wildman–Crippen MR) is 75.9 cm³/mol. The fourth-order valence-electron chi connectivity index (χ4n) is 1.62. The summed E-state index contributed by atoms with van der Waals surface area (Å²) in [5.41, 5.74) is 2.11. The lowest BCUT2D eigenvalue weighted by molar-refractivity contribution is -0.533. The van der Waals surface area contributed by atoms with Gasteiger partial charge in [-0.05, 0) is 18.1 Å². The Bertz CT molecular complexity index is 432. The third-order valence-electron chi connectivity index (χ3n) is 2.59. The van der Waals surface area contributed by atoms with E-state index >= 15 is 0 Å². The van der Waals surface area contributed by atoms with Crippen molar-refractivity contribution in [2.75, 3.05) is 6.61 Å². The molecular weight excluding hydrogens is 254 g/mol. The van der Waals surface area contributed by atoms with Crippen LogP contribution in [-0.4, -0.2) is 12.0 Å². The SMILES string of the molecule is CCON(OCc1ccccc1)OCc1ccccc1. The van der Waals surface area contributed by atoms with Gasteiger partial charge < -0.3 is 0 Å². The summed E-state index contributed by atoms with van der Waals surface area (Å²) in [7, 11) is 0. The van der Waals surface area contributed by atoms with E-state index in [9.17, 15) is 0 Å². The van der Waals surface area contributed by atoms with Gasteiger partial charge in [-0.15, -0.1) is 0 Å². The summed E-state index contributed by atoms with van der Waals surface area (Å²) in [5.74, 6) is 0. The molecule has 0 saturated carbocycles. The fourth-order valence-corrected chi connectivity index (χ4v) is 1.62. The van der Waals surface area contributed by atoms with Crippen LogP contribution in [0.2, 0.25) is 0 Å². The van der Waals surface area contributed by atoms with Crippen molar-refractivity contribution in [2.24, 2.45) is 0 Å². The van der Waals surface area contributed by atoms with Crippen LogP contribution >= 0.6 is 0 Å². The second-order valence-electron chi connectivity index (χ2n) is 4.16. The van der Waals surface area contributed by atoms with Crippen LogP contribution in [0.1, 0.15) is 18.1 Å². The highest BCUT2D eigenvalue weighted by Crippen LogP contribution is 2.07. The lowest BCUT2D eigenvalue weighted by Gasteiger charge is -2.19. The summed E-state index contributed by atoms with van der Waals surface area (Å²) >= 11 is 0. The van der Waals surface area contributed by atoms with Crippen LogP contribution in [0.4, 0.5) is 0 Å². The van der Waals surface area contributed by atoms with Crippen molar-refractivity contribution in [3.63, 3.8) is 0 Å². The second-order valence-corrected chi connectivity index (χ2v) is 4.16. The molecule has 4 nitrogen and oxygen atoms in total. The van der Waals surface area contributed by atoms with Crippen molar-refractivity contribution in [3.8, 4) is 0 Å². The molecule has 0 fully saturated rings. The number of hydrogen-bond donors (Lipinski definition) is 0. The molecule has 0 saturated heterocycles. The van der Waals surface area contributed by atoms with Crippen molar-refractivity contribution in [2.45, 2.75) is 20.1 Å². The van der Waals surface area contributed by atoms with Gasteiger partial charge in [-0.1, -0.05) is 60.7 Å². The van der Waals surface area contributed by atoms with Gasteiger partial charge in [-0.3, -0.25) is 4.84 Å². The summed E-state index contributed by atoms with van der Waals surface area (Å²) in [6.45, 7) is 3.15. The van der Waals surface area contributed by atoms with Gasteiger partial charge in [0.1, 0.15) is 0 Å². The van der Waals surface area contributed by atoms with Crippen LogP contribution < -0.4 is 0 Å². The van der Waals surface area contributed by atoms with Gasteiger partial charge in [0.15, 0.2) is 0 Å². The fraction of sp³-hybridized carbons (Fsp3) is 0.250. The van der Waals surface area contributed by atoms with E-state index < -0.39 is 0 Å². The number of hydrogen-bond acceptors (Lipinski definition) is 4. The van der Waals surface area contributed by atoms with Crippen LogP contribution in [0, 0.1) is 0 Å². The van der Waals surface area contributed by atoms with Crippen LogP contribution in [0.3, 0.4) is 0 Å². The minimum Gasteiger partial charge on any atom is -0.251 e. The number of nitrogens with zero attached hydrogens (tertiary/aromatic N) is 1. The van der Waals surface area contributed by atoms with E-state index in [0.717, 1.165) is 16.5 Å². The molecule has 0 aliphatic carbocycles. The molecule has 0 unspecified atom stereocenters. The number of benzene rings is 2. The number of rotatable bonds is 8. The Hall–Kier alpha value is -1.72. The molecule has 2 aromatic rings. The summed E-state index contributed by atoms with van der Waals surface area (Å²) in [6.07, 6.45) is 0. The van der Waals surface area contributed by atoms with Crippen LogP contribution in [0.5, 0.6) is 0 Å². The third kappa shape index (κ3) is 5.11. The van der Waals surface area contributed by atoms with Crippen LogP contribution in [0.25, 0.3) is 0 Å². The topological polar surface area (TPSA) is 30.9 Å². The Morgan fingerprint density at radius 1 is 0.700 bits per heavy atom. The van der Waals surface area contributed by atoms with Crippen molar-refractivity contribution < 1.29 is 14.5 Å². The monoisotopic (exact) mass is 273 g/mol. The zero-order valence-corrected chi connectivity index (χ0v) is 11.6. The third-order valence-corrected chi connectivity index (χ3v) is 2.59. The standard InChI is InChI=1S/C16H19NO3/c1-2-18-17(19-13-15-9-5-3-6-10-15)20-14-16-11-7-4-8-12-16/h3-12H,2,13-14H2,1H3. The molecule has 20 heavy (non-hydrogen) atoms. The zero-order valence-electron chi connectivity index (χ0n) is 11.6. The Balaban J connectivity index is 1.81. The van der Waals surface area contributed by atoms with Crippen molar-refractivity contribution >= 4 is 0 Å². The molecule has 0 N–H and O–H groups in total. The largest absolute Gasteiger partial charge is 0.251 e. The Labute approximate surface area is 119 Å². The zero-order chi connectivity index (χ0) is 14.0. The molecule has 0 aliphatic rings. The summed E-state index contributed by atoms with van der Waals surface area (Å²) in [4.78, 5) is 16.2. The molecule has 2 rings (SSSR count). The maximum atomic E-state index is 5.48. The molecule has 0 spiro atoms. The molecule has 0 atom stereocenters. The summed E-state index contributed by atoms with van der Waals surface area (Å²) in [5, 5.41) is 1.08. The minimum absolute atomic E-state index is 0.398. The van der Waals surface area contributed by atoms with E-state index in [-0.39, 0.29) is 0 Å². The molecule has 0 aliphatic heterocycles. The Morgan fingerprint density at radius 2 is 1.15 bits per heavy atom. The van der Waals surface area contributed by atoms with Gasteiger partial charge in [0, 0.05) is 0 Å². The smallest absolute Gasteiger partial charge is 0.0987 e. The molecule has 0 aromatic heterocycles. The first kappa shape index (κ1) is 14.7. The maximum Gasteiger partial charge on any atom is 0.0987 e. The van der Waals surface area contributed by atoms with Gasteiger partial charge in [0.05, 0.1) is 25.2 Å². The highest BCUT2D eigenvalue weighted by molar-refractivity contribution is 5.14. The van der Waals surface area contributed by atoms with E-state index in [1.54, 1.807) is 0 Å². The first-order valence-corrected chi connectivity index (χ1v) is 6.65. The van der Waals surface area contributed by atoms with Gasteiger partial charge >= 0.3 is 0 Å². The first-order valence-electron chi connectivity index (χ1n) is 6.65. The highest BCUT2D eigenvalue weighted by atomic mass is 17.2. The maximum absolute atomic E-state index is 5.48. The molecule has 0 radical (unpaired) electrons. The van der Waals surface area contributed by atoms with Gasteiger partial charge in [-0.25, -0.2) is 9.68 Å². The molecule has 4 heteroatoms. The van der Waals surface area contributed by atoms with E-state index in [2.05, 4.69) is 0 Å². The van der Waals surface area contributed by atoms with E-state index in [1.807, 2.05) is 67.6 Å². The molecule has 0 bridgehead atoms. The normalized spacial score (nSPS) is 10.9. The van der Waals surface area contributed by atoms with Crippen LogP contribution in [0.15, 0.2) is 60.7 Å². The molecule has 106 valence electrons. The Morgan fingerprint density at radius 3 is 1.55 bits per heavy atom. The van der Waals surface area contributed by atoms with E-state index in [0.29, 0.717) is 19.8 Å². The van der Waals surface area contributed by atoms with E-state index in [4.69, 9.17) is 14.5 Å². The summed E-state index contributed by atoms with van der Waals surface area (Å²) < 4.78 is 0. The van der Waals surface area contributed by atoms with Gasteiger partial charge in [0.2, 0.25) is 0 Å². The molecule has 0 amide bonds. The first-order chi connectivity index (χ1) is 9.88. The highest BCUT2D eigenvalue weighted by Gasteiger charge is 2.07. The van der Waals surface area contributed by atoms with Gasteiger partial charge in [0.25, 0.3) is 0 Å². The van der Waals surface area contributed by atoms with E-state index in [1.165, 1.54) is 0 Å². The molecule has 2 aromatic carbocycles. The van der Waals surface area contributed by atoms with Crippen molar-refractivity contribution in [1.29, 1.82) is 0 Å². The lowest BCUT2D eigenvalue weighted by Crippen LogP contribution is -2.24. The van der Waals surface area contributed by atoms with Crippen molar-refractivity contribution in [1.82, 2.24) is 5.39 Å². The lowest BCUT2D eigenvalue weighted by atomic mass is 10.2. The summed E-state index contributed by atoms with van der Waals surface area (Å²) in [6, 6.07) is 19.8. The van der Waals surface area contributed by atoms with Crippen molar-refractivity contribution in [3.05, 3.63) is 71.8 Å². The van der Waals surface area contributed by atoms with Gasteiger partial charge in [-0.2, -0.15) is 0 Å². The minimum atomic E-state index is 0.398. The average molecular weight is 273 g/mol.